The maximum absolute atomic E-state index is 11.6. The summed E-state index contributed by atoms with van der Waals surface area (Å²) in [5, 5.41) is 0.332. The van der Waals surface area contributed by atoms with Gasteiger partial charge in [0.25, 0.3) is 0 Å². The molecule has 1 aromatic heterocycles. The molecule has 0 fully saturated rings. The molecular weight excluding hydrogens is 256 g/mol. The number of aromatic nitrogens is 2. The van der Waals surface area contributed by atoms with Gasteiger partial charge in [-0.3, -0.25) is 4.79 Å². The number of Topliss-reactive ketones (excluding diaryl/α,β-unsaturated/α-hetero) is 1. The average molecular weight is 265 g/mol. The molecule has 0 radical (unpaired) electrons. The Morgan fingerprint density at radius 3 is 2.87 bits per heavy atom. The van der Waals surface area contributed by atoms with E-state index >= 15 is 0 Å². The van der Waals surface area contributed by atoms with Crippen LogP contribution in [0.2, 0.25) is 0 Å². The average Bonchev–Trinajstić information content (AvgIpc) is 2.81. The van der Waals surface area contributed by atoms with Crippen molar-refractivity contribution < 1.29 is 4.79 Å². The number of rotatable bonds is 3. The Balaban J connectivity index is 2.52. The first-order valence-electron chi connectivity index (χ1n) is 4.49. The Bertz CT molecular complexity index is 465. The molecule has 1 heterocycles. The van der Waals surface area contributed by atoms with Gasteiger partial charge < -0.3 is 4.57 Å². The van der Waals surface area contributed by atoms with Crippen molar-refractivity contribution in [2.24, 2.45) is 0 Å². The van der Waals surface area contributed by atoms with Crippen LogP contribution in [-0.2, 0) is 0 Å². The quantitative estimate of drug-likeness (QED) is 0.631. The normalized spacial score (nSPS) is 10.2. The van der Waals surface area contributed by atoms with Gasteiger partial charge in [0.1, 0.15) is 0 Å². The van der Waals surface area contributed by atoms with E-state index in [9.17, 15) is 4.79 Å². The summed E-state index contributed by atoms with van der Waals surface area (Å²) in [5.41, 5.74) is 1.56. The van der Waals surface area contributed by atoms with Gasteiger partial charge in [0.15, 0.2) is 5.78 Å². The molecule has 0 bridgehead atoms. The van der Waals surface area contributed by atoms with Crippen LogP contribution >= 0.6 is 15.9 Å². The Kier molecular flexibility index (Phi) is 2.97. The second-order valence-corrected chi connectivity index (χ2v) is 3.60. The van der Waals surface area contributed by atoms with E-state index in [-0.39, 0.29) is 5.78 Å². The zero-order valence-corrected chi connectivity index (χ0v) is 9.52. The highest BCUT2D eigenvalue weighted by atomic mass is 79.9. The maximum Gasteiger partial charge on any atom is 0.175 e. The summed E-state index contributed by atoms with van der Waals surface area (Å²) >= 11 is 3.17. The molecule has 4 heteroatoms. The number of halogens is 1. The number of alkyl halides is 1. The summed E-state index contributed by atoms with van der Waals surface area (Å²) in [6.07, 6.45) is 5.19. The van der Waals surface area contributed by atoms with Crippen molar-refractivity contribution in [1.82, 2.24) is 9.55 Å². The lowest BCUT2D eigenvalue weighted by atomic mass is 10.1. The van der Waals surface area contributed by atoms with Crippen molar-refractivity contribution in [3.8, 4) is 5.69 Å². The molecule has 0 aliphatic heterocycles. The SMILES string of the molecule is O=C(CBr)c1ccccc1-n1ccnc1. The first kappa shape index (κ1) is 10.1. The Morgan fingerprint density at radius 1 is 1.40 bits per heavy atom. The van der Waals surface area contributed by atoms with Crippen molar-refractivity contribution in [2.75, 3.05) is 5.33 Å². The van der Waals surface area contributed by atoms with E-state index in [4.69, 9.17) is 0 Å². The van der Waals surface area contributed by atoms with Crippen molar-refractivity contribution in [3.05, 3.63) is 48.5 Å². The second kappa shape index (κ2) is 4.40. The molecule has 0 aliphatic carbocycles. The van der Waals surface area contributed by atoms with Crippen LogP contribution in [-0.4, -0.2) is 20.7 Å². The number of para-hydroxylation sites is 1. The summed E-state index contributed by atoms with van der Waals surface area (Å²) in [5.74, 6) is 0.0688. The fraction of sp³-hybridized carbons (Fsp3) is 0.0909. The number of ketones is 1. The zero-order valence-electron chi connectivity index (χ0n) is 7.93. The van der Waals surface area contributed by atoms with Gasteiger partial charge in [-0.1, -0.05) is 28.1 Å². The monoisotopic (exact) mass is 264 g/mol. The van der Waals surface area contributed by atoms with Crippen molar-refractivity contribution in [1.29, 1.82) is 0 Å². The van der Waals surface area contributed by atoms with Gasteiger partial charge in [0.05, 0.1) is 17.3 Å². The number of carbonyl (C=O) groups excluding carboxylic acids is 1. The van der Waals surface area contributed by atoms with Crippen molar-refractivity contribution >= 4 is 21.7 Å². The van der Waals surface area contributed by atoms with Crippen LogP contribution in [0.5, 0.6) is 0 Å². The molecule has 0 N–H and O–H groups in total. The van der Waals surface area contributed by atoms with Crippen LogP contribution in [0.3, 0.4) is 0 Å². The third kappa shape index (κ3) is 1.99. The number of imidazole rings is 1. The van der Waals surface area contributed by atoms with Gasteiger partial charge in [-0.2, -0.15) is 0 Å². The summed E-state index contributed by atoms with van der Waals surface area (Å²) in [6.45, 7) is 0. The highest BCUT2D eigenvalue weighted by Crippen LogP contribution is 2.15. The number of hydrogen-bond acceptors (Lipinski definition) is 2. The summed E-state index contributed by atoms with van der Waals surface area (Å²) in [4.78, 5) is 15.6. The topological polar surface area (TPSA) is 34.9 Å². The molecule has 15 heavy (non-hydrogen) atoms. The van der Waals surface area contributed by atoms with E-state index < -0.39 is 0 Å². The van der Waals surface area contributed by atoms with Gasteiger partial charge in [-0.15, -0.1) is 0 Å². The molecule has 1 aromatic carbocycles. The summed E-state index contributed by atoms with van der Waals surface area (Å²) in [7, 11) is 0. The Morgan fingerprint density at radius 2 is 2.20 bits per heavy atom. The number of benzene rings is 1. The molecule has 0 aliphatic rings. The van der Waals surface area contributed by atoms with E-state index in [1.807, 2.05) is 35.0 Å². The maximum atomic E-state index is 11.6. The van der Waals surface area contributed by atoms with E-state index in [1.54, 1.807) is 12.5 Å². The lowest BCUT2D eigenvalue weighted by Crippen LogP contribution is -2.05. The number of nitrogens with zero attached hydrogens (tertiary/aromatic N) is 2. The van der Waals surface area contributed by atoms with Gasteiger partial charge in [-0.25, -0.2) is 4.98 Å². The van der Waals surface area contributed by atoms with Crippen LogP contribution in [0.1, 0.15) is 10.4 Å². The zero-order chi connectivity index (χ0) is 10.7. The predicted octanol–water partition coefficient (Wildman–Crippen LogP) is 2.45. The third-order valence-corrected chi connectivity index (χ3v) is 2.62. The van der Waals surface area contributed by atoms with Crippen LogP contribution in [0.15, 0.2) is 43.0 Å². The standard InChI is InChI=1S/C11H9BrN2O/c12-7-11(15)9-3-1-2-4-10(9)14-6-5-13-8-14/h1-6,8H,7H2. The lowest BCUT2D eigenvalue weighted by Gasteiger charge is -2.07. The smallest absolute Gasteiger partial charge is 0.175 e. The fourth-order valence-electron chi connectivity index (χ4n) is 1.41. The van der Waals surface area contributed by atoms with Crippen LogP contribution in [0.25, 0.3) is 5.69 Å². The molecular formula is C11H9BrN2O. The van der Waals surface area contributed by atoms with Gasteiger partial charge >= 0.3 is 0 Å². The van der Waals surface area contributed by atoms with Crippen LogP contribution in [0.4, 0.5) is 0 Å². The van der Waals surface area contributed by atoms with Crippen LogP contribution in [0, 0.1) is 0 Å². The minimum atomic E-state index is 0.0688. The van der Waals surface area contributed by atoms with Crippen molar-refractivity contribution in [3.63, 3.8) is 0 Å². The number of carbonyl (C=O) groups is 1. The number of hydrogen-bond donors (Lipinski definition) is 0. The molecule has 0 spiro atoms. The van der Waals surface area contributed by atoms with E-state index in [0.29, 0.717) is 10.9 Å². The molecule has 2 aromatic rings. The van der Waals surface area contributed by atoms with Crippen LogP contribution < -0.4 is 0 Å². The van der Waals surface area contributed by atoms with Gasteiger partial charge in [-0.05, 0) is 12.1 Å². The Hall–Kier alpha value is -1.42. The molecule has 0 unspecified atom stereocenters. The molecule has 0 amide bonds. The van der Waals surface area contributed by atoms with E-state index in [2.05, 4.69) is 20.9 Å². The van der Waals surface area contributed by atoms with E-state index in [1.165, 1.54) is 0 Å². The summed E-state index contributed by atoms with van der Waals surface area (Å²) < 4.78 is 1.83. The predicted molar refractivity (Wildman–Crippen MR) is 61.7 cm³/mol. The molecule has 0 saturated carbocycles. The highest BCUT2D eigenvalue weighted by molar-refractivity contribution is 9.09. The first-order chi connectivity index (χ1) is 7.33. The Labute approximate surface area is 95.9 Å². The first-order valence-corrected chi connectivity index (χ1v) is 5.61. The molecule has 76 valence electrons. The largest absolute Gasteiger partial charge is 0.306 e. The molecule has 0 atom stereocenters. The fourth-order valence-corrected chi connectivity index (χ4v) is 1.71. The minimum absolute atomic E-state index is 0.0688. The van der Waals surface area contributed by atoms with E-state index in [0.717, 1.165) is 5.69 Å². The van der Waals surface area contributed by atoms with Crippen molar-refractivity contribution in [2.45, 2.75) is 0 Å². The third-order valence-electron chi connectivity index (χ3n) is 2.11. The molecule has 2 rings (SSSR count). The second-order valence-electron chi connectivity index (χ2n) is 3.04. The summed E-state index contributed by atoms with van der Waals surface area (Å²) in [6, 6.07) is 7.48. The molecule has 0 saturated heterocycles. The van der Waals surface area contributed by atoms with Gasteiger partial charge in [0.2, 0.25) is 0 Å². The lowest BCUT2D eigenvalue weighted by molar-refractivity contribution is 0.102. The molecule has 3 nitrogen and oxygen atoms in total. The minimum Gasteiger partial charge on any atom is -0.306 e. The van der Waals surface area contributed by atoms with Gasteiger partial charge in [0, 0.05) is 18.0 Å². The highest BCUT2D eigenvalue weighted by Gasteiger charge is 2.09.